The number of terminal acetylenes is 1. The van der Waals surface area contributed by atoms with E-state index in [0.717, 1.165) is 5.69 Å². The Balaban J connectivity index is 1.89. The van der Waals surface area contributed by atoms with E-state index in [9.17, 15) is 9.90 Å². The van der Waals surface area contributed by atoms with E-state index in [4.69, 9.17) is 6.42 Å². The summed E-state index contributed by atoms with van der Waals surface area (Å²) < 4.78 is 0. The van der Waals surface area contributed by atoms with Gasteiger partial charge in [-0.3, -0.25) is 9.69 Å². The fraction of sp³-hybridized carbons (Fsp3) is 0.500. The molecule has 102 valence electrons. The molecule has 0 bridgehead atoms. The number of anilines is 1. The summed E-state index contributed by atoms with van der Waals surface area (Å²) in [5.41, 5.74) is -0.168. The zero-order valence-electron chi connectivity index (χ0n) is 10.9. The van der Waals surface area contributed by atoms with Crippen LogP contribution in [0.25, 0.3) is 0 Å². The molecule has 2 N–H and O–H groups in total. The van der Waals surface area contributed by atoms with Crippen LogP contribution in [0.3, 0.4) is 0 Å². The molecule has 19 heavy (non-hydrogen) atoms. The number of nitrogens with zero attached hydrogens (tertiary/aromatic N) is 1. The van der Waals surface area contributed by atoms with Gasteiger partial charge in [0, 0.05) is 31.3 Å². The third-order valence-electron chi connectivity index (χ3n) is 3.61. The highest BCUT2D eigenvalue weighted by Crippen LogP contribution is 2.23. The topological polar surface area (TPSA) is 52.6 Å². The Kier molecular flexibility index (Phi) is 4.25. The standard InChI is InChI=1S/C14H18N2O2S/c1-3-14(18)5-7-16(8-6-14)11(2)13(17)15-12-4-9-19-10-12/h1,4,9-11,18H,5-8H2,2H3,(H,15,17). The molecular formula is C14H18N2O2S. The zero-order chi connectivity index (χ0) is 13.9. The number of amides is 1. The molecule has 1 atom stereocenters. The second kappa shape index (κ2) is 5.74. The molecule has 1 unspecified atom stereocenters. The highest BCUT2D eigenvalue weighted by atomic mass is 32.1. The molecular weight excluding hydrogens is 260 g/mol. The number of hydrogen-bond acceptors (Lipinski definition) is 4. The number of likely N-dealkylation sites (tertiary alicyclic amines) is 1. The number of hydrogen-bond donors (Lipinski definition) is 2. The molecule has 0 radical (unpaired) electrons. The van der Waals surface area contributed by atoms with Crippen LogP contribution in [-0.2, 0) is 4.79 Å². The third kappa shape index (κ3) is 3.35. The fourth-order valence-electron chi connectivity index (χ4n) is 2.17. The Bertz CT molecular complexity index is 470. The number of carbonyl (C=O) groups is 1. The first kappa shape index (κ1) is 14.1. The van der Waals surface area contributed by atoms with Gasteiger partial charge in [0.05, 0.1) is 11.7 Å². The Labute approximate surface area is 117 Å². The quantitative estimate of drug-likeness (QED) is 0.825. The molecule has 0 spiro atoms. The van der Waals surface area contributed by atoms with Crippen molar-refractivity contribution >= 4 is 22.9 Å². The lowest BCUT2D eigenvalue weighted by molar-refractivity contribution is -0.122. The van der Waals surface area contributed by atoms with Crippen LogP contribution in [0.2, 0.25) is 0 Å². The van der Waals surface area contributed by atoms with E-state index in [2.05, 4.69) is 11.2 Å². The van der Waals surface area contributed by atoms with Crippen LogP contribution in [0.4, 0.5) is 5.69 Å². The van der Waals surface area contributed by atoms with E-state index in [-0.39, 0.29) is 11.9 Å². The highest BCUT2D eigenvalue weighted by Gasteiger charge is 2.33. The molecule has 1 aromatic heterocycles. The van der Waals surface area contributed by atoms with Gasteiger partial charge in [-0.2, -0.15) is 11.3 Å². The number of nitrogens with one attached hydrogen (secondary N) is 1. The SMILES string of the molecule is C#CC1(O)CCN(C(C)C(=O)Nc2ccsc2)CC1. The van der Waals surface area contributed by atoms with Crippen LogP contribution < -0.4 is 5.32 Å². The molecule has 1 fully saturated rings. The minimum Gasteiger partial charge on any atom is -0.378 e. The molecule has 2 heterocycles. The summed E-state index contributed by atoms with van der Waals surface area (Å²) in [5, 5.41) is 16.7. The van der Waals surface area contributed by atoms with Crippen LogP contribution in [0.5, 0.6) is 0 Å². The van der Waals surface area contributed by atoms with Crippen LogP contribution >= 0.6 is 11.3 Å². The molecule has 4 nitrogen and oxygen atoms in total. The molecule has 1 saturated heterocycles. The normalized spacial score (nSPS) is 20.5. The van der Waals surface area contributed by atoms with Crippen molar-refractivity contribution in [2.45, 2.75) is 31.4 Å². The number of carbonyl (C=O) groups excluding carboxylic acids is 1. The van der Waals surface area contributed by atoms with Gasteiger partial charge in [0.1, 0.15) is 5.60 Å². The van der Waals surface area contributed by atoms with Gasteiger partial charge in [0.25, 0.3) is 0 Å². The van der Waals surface area contributed by atoms with E-state index in [0.29, 0.717) is 25.9 Å². The first-order valence-electron chi connectivity index (χ1n) is 6.31. The Hall–Kier alpha value is -1.35. The van der Waals surface area contributed by atoms with Gasteiger partial charge >= 0.3 is 0 Å². The van der Waals surface area contributed by atoms with E-state index in [1.54, 1.807) is 11.3 Å². The lowest BCUT2D eigenvalue weighted by Gasteiger charge is -2.37. The van der Waals surface area contributed by atoms with Crippen molar-refractivity contribution in [1.29, 1.82) is 0 Å². The van der Waals surface area contributed by atoms with Crippen LogP contribution in [-0.4, -0.2) is 40.6 Å². The van der Waals surface area contributed by atoms with Crippen molar-refractivity contribution < 1.29 is 9.90 Å². The average Bonchev–Trinajstić information content (AvgIpc) is 2.91. The average molecular weight is 278 g/mol. The number of piperidine rings is 1. The molecule has 1 amide bonds. The second-order valence-corrected chi connectivity index (χ2v) is 5.67. The van der Waals surface area contributed by atoms with Crippen molar-refractivity contribution in [3.63, 3.8) is 0 Å². The fourth-order valence-corrected chi connectivity index (χ4v) is 2.76. The van der Waals surface area contributed by atoms with Crippen LogP contribution in [0, 0.1) is 12.3 Å². The first-order chi connectivity index (χ1) is 9.04. The summed E-state index contributed by atoms with van der Waals surface area (Å²) in [6, 6.07) is 1.66. The summed E-state index contributed by atoms with van der Waals surface area (Å²) >= 11 is 1.55. The van der Waals surface area contributed by atoms with Crippen molar-refractivity contribution in [2.75, 3.05) is 18.4 Å². The predicted octanol–water partition coefficient (Wildman–Crippen LogP) is 1.54. The minimum atomic E-state index is -1.000. The molecule has 2 rings (SSSR count). The molecule has 0 aliphatic carbocycles. The zero-order valence-corrected chi connectivity index (χ0v) is 11.7. The summed E-state index contributed by atoms with van der Waals surface area (Å²) in [5.74, 6) is 2.41. The number of rotatable bonds is 3. The Morgan fingerprint density at radius 3 is 2.84 bits per heavy atom. The maximum atomic E-state index is 12.1. The van der Waals surface area contributed by atoms with Gasteiger partial charge in [-0.05, 0) is 18.4 Å². The monoisotopic (exact) mass is 278 g/mol. The lowest BCUT2D eigenvalue weighted by atomic mass is 9.92. The highest BCUT2D eigenvalue weighted by molar-refractivity contribution is 7.08. The van der Waals surface area contributed by atoms with Gasteiger partial charge in [0.15, 0.2) is 0 Å². The van der Waals surface area contributed by atoms with E-state index < -0.39 is 5.60 Å². The predicted molar refractivity (Wildman–Crippen MR) is 77.0 cm³/mol. The maximum absolute atomic E-state index is 12.1. The van der Waals surface area contributed by atoms with E-state index in [1.165, 1.54) is 0 Å². The van der Waals surface area contributed by atoms with Gasteiger partial charge in [0.2, 0.25) is 5.91 Å². The Morgan fingerprint density at radius 1 is 1.63 bits per heavy atom. The van der Waals surface area contributed by atoms with Gasteiger partial charge in [-0.15, -0.1) is 6.42 Å². The number of aliphatic hydroxyl groups is 1. The van der Waals surface area contributed by atoms with Gasteiger partial charge in [-0.1, -0.05) is 5.92 Å². The summed E-state index contributed by atoms with van der Waals surface area (Å²) in [7, 11) is 0. The first-order valence-corrected chi connectivity index (χ1v) is 7.26. The lowest BCUT2D eigenvalue weighted by Crippen LogP contribution is -2.50. The number of thiophene rings is 1. The molecule has 5 heteroatoms. The van der Waals surface area contributed by atoms with Crippen molar-refractivity contribution in [3.8, 4) is 12.3 Å². The maximum Gasteiger partial charge on any atom is 0.241 e. The molecule has 1 aliphatic rings. The Morgan fingerprint density at radius 2 is 2.32 bits per heavy atom. The molecule has 0 saturated carbocycles. The van der Waals surface area contributed by atoms with E-state index >= 15 is 0 Å². The van der Waals surface area contributed by atoms with Gasteiger partial charge < -0.3 is 10.4 Å². The van der Waals surface area contributed by atoms with E-state index in [1.807, 2.05) is 28.7 Å². The third-order valence-corrected chi connectivity index (χ3v) is 4.29. The van der Waals surface area contributed by atoms with Crippen molar-refractivity contribution in [2.24, 2.45) is 0 Å². The summed E-state index contributed by atoms with van der Waals surface area (Å²) in [6.45, 7) is 3.15. The van der Waals surface area contributed by atoms with Crippen molar-refractivity contribution in [3.05, 3.63) is 16.8 Å². The second-order valence-electron chi connectivity index (χ2n) is 4.89. The summed E-state index contributed by atoms with van der Waals surface area (Å²) in [6.07, 6.45) is 6.34. The van der Waals surface area contributed by atoms with Crippen molar-refractivity contribution in [1.82, 2.24) is 4.90 Å². The molecule has 1 aliphatic heterocycles. The molecule has 1 aromatic rings. The van der Waals surface area contributed by atoms with Crippen LogP contribution in [0.15, 0.2) is 16.8 Å². The molecule has 0 aromatic carbocycles. The largest absolute Gasteiger partial charge is 0.378 e. The minimum absolute atomic E-state index is 0.0236. The van der Waals surface area contributed by atoms with Gasteiger partial charge in [-0.25, -0.2) is 0 Å². The smallest absolute Gasteiger partial charge is 0.241 e. The van der Waals surface area contributed by atoms with Crippen LogP contribution in [0.1, 0.15) is 19.8 Å². The summed E-state index contributed by atoms with van der Waals surface area (Å²) in [4.78, 5) is 14.1.